The Morgan fingerprint density at radius 1 is 0.815 bits per heavy atom. The van der Waals surface area contributed by atoms with E-state index in [2.05, 4.69) is 10.6 Å². The zero-order valence-electron chi connectivity index (χ0n) is 14.3. The minimum Gasteiger partial charge on any atom is -0.452 e. The van der Waals surface area contributed by atoms with E-state index >= 15 is 0 Å². The summed E-state index contributed by atoms with van der Waals surface area (Å²) in [7, 11) is 0. The second-order valence-electron chi connectivity index (χ2n) is 5.67. The molecule has 0 unspecified atom stereocenters. The van der Waals surface area contributed by atoms with E-state index in [0.717, 1.165) is 5.69 Å². The van der Waals surface area contributed by atoms with Gasteiger partial charge in [-0.2, -0.15) is 0 Å². The van der Waals surface area contributed by atoms with Crippen molar-refractivity contribution in [1.29, 1.82) is 0 Å². The van der Waals surface area contributed by atoms with Crippen LogP contribution in [0.3, 0.4) is 0 Å². The van der Waals surface area contributed by atoms with Gasteiger partial charge >= 0.3 is 5.97 Å². The number of hydrogen-bond donors (Lipinski definition) is 2. The number of carbonyl (C=O) groups is 2. The molecule has 0 saturated heterocycles. The van der Waals surface area contributed by atoms with Crippen LogP contribution in [0.2, 0.25) is 0 Å². The average Bonchev–Trinajstić information content (AvgIpc) is 2.69. The molecule has 0 aromatic heterocycles. The number of esters is 1. The first kappa shape index (κ1) is 18.1. The topological polar surface area (TPSA) is 67.4 Å². The van der Waals surface area contributed by atoms with E-state index in [1.165, 1.54) is 24.3 Å². The van der Waals surface area contributed by atoms with E-state index in [0.29, 0.717) is 16.9 Å². The van der Waals surface area contributed by atoms with Crippen LogP contribution in [0.5, 0.6) is 0 Å². The molecule has 0 aliphatic rings. The quantitative estimate of drug-likeness (QED) is 0.638. The van der Waals surface area contributed by atoms with Crippen molar-refractivity contribution >= 4 is 28.9 Å². The molecule has 0 radical (unpaired) electrons. The zero-order chi connectivity index (χ0) is 19.1. The highest BCUT2D eigenvalue weighted by atomic mass is 19.1. The maximum Gasteiger partial charge on any atom is 0.340 e. The van der Waals surface area contributed by atoms with Crippen LogP contribution in [0.4, 0.5) is 21.5 Å². The largest absolute Gasteiger partial charge is 0.452 e. The lowest BCUT2D eigenvalue weighted by Crippen LogP contribution is -2.21. The number of halogens is 1. The summed E-state index contributed by atoms with van der Waals surface area (Å²) in [5, 5.41) is 5.68. The van der Waals surface area contributed by atoms with Gasteiger partial charge in [-0.05, 0) is 48.5 Å². The van der Waals surface area contributed by atoms with E-state index in [9.17, 15) is 14.0 Å². The molecule has 3 rings (SSSR count). The minimum atomic E-state index is -0.622. The number of carbonyl (C=O) groups excluding carboxylic acids is 2. The first-order valence-electron chi connectivity index (χ1n) is 8.25. The summed E-state index contributed by atoms with van der Waals surface area (Å²) in [5.41, 5.74) is 2.14. The van der Waals surface area contributed by atoms with Gasteiger partial charge in [0, 0.05) is 11.4 Å². The molecule has 2 N–H and O–H groups in total. The first-order chi connectivity index (χ1) is 13.1. The normalized spacial score (nSPS) is 10.1. The van der Waals surface area contributed by atoms with Crippen molar-refractivity contribution in [3.63, 3.8) is 0 Å². The molecule has 0 spiro atoms. The third kappa shape index (κ3) is 5.15. The highest BCUT2D eigenvalue weighted by Crippen LogP contribution is 2.21. The number of hydrogen-bond acceptors (Lipinski definition) is 4. The lowest BCUT2D eigenvalue weighted by molar-refractivity contribution is -0.119. The molecule has 3 aromatic rings. The van der Waals surface area contributed by atoms with Gasteiger partial charge in [0.1, 0.15) is 5.82 Å². The van der Waals surface area contributed by atoms with Gasteiger partial charge in [-0.15, -0.1) is 0 Å². The maximum absolute atomic E-state index is 12.9. The standard InChI is InChI=1S/C21H17FN2O3/c22-15-10-12-17(13-11-15)24-20(25)14-27-21(26)18-8-4-5-9-19(18)23-16-6-2-1-3-7-16/h1-13,23H,14H2,(H,24,25). The van der Waals surface area contributed by atoms with Crippen LogP contribution in [0.25, 0.3) is 0 Å². The highest BCUT2D eigenvalue weighted by molar-refractivity contribution is 5.99. The smallest absolute Gasteiger partial charge is 0.340 e. The van der Waals surface area contributed by atoms with E-state index in [4.69, 9.17) is 4.74 Å². The molecule has 0 bridgehead atoms. The Morgan fingerprint density at radius 2 is 1.48 bits per heavy atom. The van der Waals surface area contributed by atoms with Gasteiger partial charge in [0.2, 0.25) is 0 Å². The van der Waals surface area contributed by atoms with Crippen LogP contribution in [0.15, 0.2) is 78.9 Å². The van der Waals surface area contributed by atoms with Crippen LogP contribution < -0.4 is 10.6 Å². The van der Waals surface area contributed by atoms with Gasteiger partial charge in [-0.25, -0.2) is 9.18 Å². The Balaban J connectivity index is 1.61. The monoisotopic (exact) mass is 364 g/mol. The molecule has 5 nitrogen and oxygen atoms in total. The van der Waals surface area contributed by atoms with Gasteiger partial charge < -0.3 is 15.4 Å². The molecule has 0 atom stereocenters. The summed E-state index contributed by atoms with van der Waals surface area (Å²) in [6.45, 7) is -0.449. The van der Waals surface area contributed by atoms with Crippen LogP contribution in [0.1, 0.15) is 10.4 Å². The molecule has 0 aliphatic carbocycles. The third-order valence-corrected chi connectivity index (χ3v) is 3.66. The van der Waals surface area contributed by atoms with Gasteiger partial charge in [-0.3, -0.25) is 4.79 Å². The molecule has 0 fully saturated rings. The summed E-state index contributed by atoms with van der Waals surface area (Å²) in [6.07, 6.45) is 0. The summed E-state index contributed by atoms with van der Waals surface area (Å²) in [4.78, 5) is 24.3. The summed E-state index contributed by atoms with van der Waals surface area (Å²) < 4.78 is 18.0. The number of anilines is 3. The van der Waals surface area contributed by atoms with E-state index in [1.807, 2.05) is 30.3 Å². The van der Waals surface area contributed by atoms with Gasteiger partial charge in [-0.1, -0.05) is 30.3 Å². The molecule has 27 heavy (non-hydrogen) atoms. The number of amides is 1. The number of nitrogens with one attached hydrogen (secondary N) is 2. The predicted octanol–water partition coefficient (Wildman–Crippen LogP) is 4.36. The van der Waals surface area contributed by atoms with Crippen LogP contribution in [-0.2, 0) is 9.53 Å². The maximum atomic E-state index is 12.9. The molecule has 0 heterocycles. The number of para-hydroxylation sites is 2. The number of ether oxygens (including phenoxy) is 1. The summed E-state index contributed by atoms with van der Waals surface area (Å²) in [5.74, 6) is -1.53. The van der Waals surface area contributed by atoms with Gasteiger partial charge in [0.15, 0.2) is 6.61 Å². The third-order valence-electron chi connectivity index (χ3n) is 3.66. The lowest BCUT2D eigenvalue weighted by atomic mass is 10.1. The fourth-order valence-electron chi connectivity index (χ4n) is 2.39. The Kier molecular flexibility index (Phi) is 5.79. The van der Waals surface area contributed by atoms with Crippen molar-refractivity contribution < 1.29 is 18.7 Å². The Hall–Kier alpha value is -3.67. The van der Waals surface area contributed by atoms with Crippen LogP contribution in [0, 0.1) is 5.82 Å². The minimum absolute atomic E-state index is 0.316. The van der Waals surface area contributed by atoms with E-state index in [1.54, 1.807) is 24.3 Å². The molecule has 136 valence electrons. The van der Waals surface area contributed by atoms with Crippen LogP contribution in [-0.4, -0.2) is 18.5 Å². The Morgan fingerprint density at radius 3 is 2.22 bits per heavy atom. The van der Waals surface area contributed by atoms with E-state index < -0.39 is 24.3 Å². The average molecular weight is 364 g/mol. The lowest BCUT2D eigenvalue weighted by Gasteiger charge is -2.12. The van der Waals surface area contributed by atoms with E-state index in [-0.39, 0.29) is 0 Å². The van der Waals surface area contributed by atoms with Gasteiger partial charge in [0.05, 0.1) is 11.3 Å². The number of benzene rings is 3. The Bertz CT molecular complexity index is 928. The number of rotatable bonds is 6. The summed E-state index contributed by atoms with van der Waals surface area (Å²) in [6, 6.07) is 21.6. The fourth-order valence-corrected chi connectivity index (χ4v) is 2.39. The highest BCUT2D eigenvalue weighted by Gasteiger charge is 2.14. The van der Waals surface area contributed by atoms with Crippen molar-refractivity contribution in [3.8, 4) is 0 Å². The molecule has 6 heteroatoms. The zero-order valence-corrected chi connectivity index (χ0v) is 14.3. The molecule has 1 amide bonds. The van der Waals surface area contributed by atoms with Crippen molar-refractivity contribution in [2.24, 2.45) is 0 Å². The van der Waals surface area contributed by atoms with Crippen LogP contribution >= 0.6 is 0 Å². The molecule has 3 aromatic carbocycles. The Labute approximate surface area is 155 Å². The SMILES string of the molecule is O=C(COC(=O)c1ccccc1Nc1ccccc1)Nc1ccc(F)cc1. The van der Waals surface area contributed by atoms with Crippen molar-refractivity contribution in [3.05, 3.63) is 90.2 Å². The molecule has 0 aliphatic heterocycles. The molecular weight excluding hydrogens is 347 g/mol. The van der Waals surface area contributed by atoms with Crippen molar-refractivity contribution in [1.82, 2.24) is 0 Å². The molecular formula is C21H17FN2O3. The fraction of sp³-hybridized carbons (Fsp3) is 0.0476. The first-order valence-corrected chi connectivity index (χ1v) is 8.25. The summed E-state index contributed by atoms with van der Waals surface area (Å²) >= 11 is 0. The van der Waals surface area contributed by atoms with Crippen molar-refractivity contribution in [2.45, 2.75) is 0 Å². The second kappa shape index (κ2) is 8.62. The van der Waals surface area contributed by atoms with Crippen molar-refractivity contribution in [2.75, 3.05) is 17.2 Å². The molecule has 0 saturated carbocycles. The second-order valence-corrected chi connectivity index (χ2v) is 5.67. The van der Waals surface area contributed by atoms with Gasteiger partial charge in [0.25, 0.3) is 5.91 Å². The predicted molar refractivity (Wildman–Crippen MR) is 101 cm³/mol.